The molecule has 238 valence electrons. The molecule has 2 atom stereocenters. The van der Waals surface area contributed by atoms with E-state index in [1.54, 1.807) is 4.90 Å². The summed E-state index contributed by atoms with van der Waals surface area (Å²) >= 11 is -2.26. The molecule has 6 rings (SSSR count). The molecule has 9 nitrogen and oxygen atoms in total. The van der Waals surface area contributed by atoms with Crippen molar-refractivity contribution in [3.05, 3.63) is 121 Å². The van der Waals surface area contributed by atoms with Crippen LogP contribution in [-0.2, 0) is 21.2 Å². The van der Waals surface area contributed by atoms with E-state index >= 15 is 0 Å². The van der Waals surface area contributed by atoms with Crippen molar-refractivity contribution in [2.24, 2.45) is 0 Å². The Labute approximate surface area is 271 Å². The molecule has 0 amide bonds. The van der Waals surface area contributed by atoms with Crippen molar-refractivity contribution >= 4 is 32.6 Å². The Kier molecular flexibility index (Phi) is 9.27. The van der Waals surface area contributed by atoms with E-state index in [2.05, 4.69) is 0 Å². The molecule has 0 N–H and O–H groups in total. The normalized spacial score (nSPS) is 17.4. The molecular weight excluding hydrogens is 625 g/mol. The first-order chi connectivity index (χ1) is 22.2. The largest absolute Gasteiger partial charge is 0.772 e. The molecule has 0 fully saturated rings. The number of hydrogen-bond acceptors (Lipinski definition) is 9. The van der Waals surface area contributed by atoms with Crippen molar-refractivity contribution in [1.29, 1.82) is 0 Å². The summed E-state index contributed by atoms with van der Waals surface area (Å²) in [5.74, 6) is 0.974. The first-order valence-electron chi connectivity index (χ1n) is 14.9. The topological polar surface area (TPSA) is 122 Å². The van der Waals surface area contributed by atoms with E-state index in [4.69, 9.17) is 9.47 Å². The Balaban J connectivity index is 1.34. The van der Waals surface area contributed by atoms with Gasteiger partial charge in [0.15, 0.2) is 12.0 Å². The fraction of sp³-hybridized carbons (Fsp3) is 0.200. The maximum absolute atomic E-state index is 11.7. The van der Waals surface area contributed by atoms with Gasteiger partial charge in [-0.05, 0) is 64.6 Å². The number of hydrogen-bond donors (Lipinski definition) is 0. The molecule has 2 aliphatic rings. The first kappa shape index (κ1) is 31.6. The van der Waals surface area contributed by atoms with Crippen molar-refractivity contribution in [3.8, 4) is 33.8 Å². The molecule has 4 aromatic carbocycles. The van der Waals surface area contributed by atoms with Gasteiger partial charge in [0.25, 0.3) is 0 Å². The van der Waals surface area contributed by atoms with Gasteiger partial charge < -0.3 is 28.4 Å². The molecule has 0 aliphatic carbocycles. The van der Waals surface area contributed by atoms with Gasteiger partial charge in [-0.1, -0.05) is 90.8 Å². The average Bonchev–Trinajstić information content (AvgIpc) is 3.58. The summed E-state index contributed by atoms with van der Waals surface area (Å²) in [7, 11) is -4.48. The van der Waals surface area contributed by atoms with E-state index < -0.39 is 33.2 Å². The summed E-state index contributed by atoms with van der Waals surface area (Å²) in [5, 5.41) is 0. The van der Waals surface area contributed by atoms with E-state index in [0.29, 0.717) is 29.5 Å². The van der Waals surface area contributed by atoms with Crippen molar-refractivity contribution < 1.29 is 31.2 Å². The minimum atomic E-state index is -4.48. The van der Waals surface area contributed by atoms with Crippen LogP contribution in [0.5, 0.6) is 11.5 Å². The van der Waals surface area contributed by atoms with Crippen LogP contribution in [0.4, 0.5) is 11.4 Å². The van der Waals surface area contributed by atoms with Crippen LogP contribution in [-0.4, -0.2) is 52.6 Å². The molecule has 2 unspecified atom stereocenters. The minimum absolute atomic E-state index is 0.0581. The molecule has 0 radical (unpaired) electrons. The zero-order valence-corrected chi connectivity index (χ0v) is 26.7. The van der Waals surface area contributed by atoms with Gasteiger partial charge in [-0.15, -0.1) is 0 Å². The van der Waals surface area contributed by atoms with E-state index in [1.165, 1.54) is 0 Å². The highest BCUT2D eigenvalue weighted by atomic mass is 32.2. The Hall–Kier alpha value is -4.42. The van der Waals surface area contributed by atoms with Crippen LogP contribution in [0.2, 0.25) is 0 Å². The second kappa shape index (κ2) is 13.5. The number of anilines is 2. The third kappa shape index (κ3) is 7.18. The number of fused-ring (bicyclic) bond motifs is 2. The standard InChI is InChI=1S/C35H34N2O7S2/c1-2-25(21-34-36(17-19-45(38)39)30-23-28(13-15-32(30)43-34)26-9-5-3-6-10-26)22-35-37(18-20-46(40,41)42)31-24-29(14-16-33(31)44-35)27-11-7-4-8-12-27/h3-16,21-24,35H,2,17-20H2,1H3,(H,38,39)(H,40,41,42)/p-2/b25-22-,34-21+. The van der Waals surface area contributed by atoms with Crippen molar-refractivity contribution in [3.63, 3.8) is 0 Å². The van der Waals surface area contributed by atoms with E-state index in [0.717, 1.165) is 33.5 Å². The summed E-state index contributed by atoms with van der Waals surface area (Å²) in [6, 6.07) is 31.2. The molecule has 0 saturated carbocycles. The summed E-state index contributed by atoms with van der Waals surface area (Å²) in [5.41, 5.74) is 6.18. The minimum Gasteiger partial charge on any atom is -0.772 e. The lowest BCUT2D eigenvalue weighted by Crippen LogP contribution is -2.37. The fourth-order valence-electron chi connectivity index (χ4n) is 5.59. The highest BCUT2D eigenvalue weighted by Crippen LogP contribution is 2.43. The van der Waals surface area contributed by atoms with Crippen LogP contribution in [0.3, 0.4) is 0 Å². The molecule has 4 aromatic rings. The van der Waals surface area contributed by atoms with Crippen LogP contribution >= 0.6 is 0 Å². The predicted octanol–water partition coefficient (Wildman–Crippen LogP) is 6.05. The Bertz CT molecular complexity index is 1910. The average molecular weight is 657 g/mol. The fourth-order valence-corrected chi connectivity index (χ4v) is 6.34. The van der Waals surface area contributed by atoms with Gasteiger partial charge in [0.1, 0.15) is 5.75 Å². The van der Waals surface area contributed by atoms with Gasteiger partial charge >= 0.3 is 0 Å². The molecule has 46 heavy (non-hydrogen) atoms. The quantitative estimate of drug-likeness (QED) is 0.140. The molecule has 2 heterocycles. The monoisotopic (exact) mass is 656 g/mol. The number of ether oxygens (including phenoxy) is 2. The van der Waals surface area contributed by atoms with Gasteiger partial charge in [0.2, 0.25) is 5.88 Å². The lowest BCUT2D eigenvalue weighted by Gasteiger charge is -2.25. The van der Waals surface area contributed by atoms with Crippen molar-refractivity contribution in [2.45, 2.75) is 19.6 Å². The molecule has 2 aliphatic heterocycles. The molecule has 0 aromatic heterocycles. The number of nitrogens with zero attached hydrogens (tertiary/aromatic N) is 2. The van der Waals surface area contributed by atoms with Crippen LogP contribution in [0.1, 0.15) is 13.3 Å². The first-order valence-corrected chi connectivity index (χ1v) is 17.7. The molecule has 11 heteroatoms. The predicted molar refractivity (Wildman–Crippen MR) is 178 cm³/mol. The third-order valence-corrected chi connectivity index (χ3v) is 9.10. The van der Waals surface area contributed by atoms with Gasteiger partial charge in [-0.25, -0.2) is 8.42 Å². The maximum atomic E-state index is 11.7. The van der Waals surface area contributed by atoms with Gasteiger partial charge in [-0.2, -0.15) is 0 Å². The number of benzene rings is 4. The summed E-state index contributed by atoms with van der Waals surface area (Å²) in [6.07, 6.45) is 3.60. The maximum Gasteiger partial charge on any atom is 0.200 e. The molecule has 0 spiro atoms. The summed E-state index contributed by atoms with van der Waals surface area (Å²) in [4.78, 5) is 3.62. The molecular formula is C35H32N2O7S2-2. The number of allylic oxidation sites excluding steroid dienone is 2. The van der Waals surface area contributed by atoms with E-state index in [9.17, 15) is 21.7 Å². The third-order valence-electron chi connectivity index (χ3n) is 7.91. The highest BCUT2D eigenvalue weighted by molar-refractivity contribution is 7.85. The van der Waals surface area contributed by atoms with Gasteiger partial charge in [0, 0.05) is 24.9 Å². The Morgan fingerprint density at radius 2 is 1.46 bits per heavy atom. The van der Waals surface area contributed by atoms with Gasteiger partial charge in [0.05, 0.1) is 27.2 Å². The lowest BCUT2D eigenvalue weighted by atomic mass is 10.0. The Morgan fingerprint density at radius 3 is 2.04 bits per heavy atom. The van der Waals surface area contributed by atoms with Crippen molar-refractivity contribution in [2.75, 3.05) is 34.4 Å². The smallest absolute Gasteiger partial charge is 0.200 e. The second-order valence-electron chi connectivity index (χ2n) is 10.9. The summed E-state index contributed by atoms with van der Waals surface area (Å²) < 4.78 is 70.7. The molecule has 0 saturated heterocycles. The lowest BCUT2D eigenvalue weighted by molar-refractivity contribution is 0.273. The van der Waals surface area contributed by atoms with E-state index in [-0.39, 0.29) is 18.8 Å². The van der Waals surface area contributed by atoms with Crippen LogP contribution < -0.4 is 19.3 Å². The summed E-state index contributed by atoms with van der Waals surface area (Å²) in [6.45, 7) is 2.10. The zero-order chi connectivity index (χ0) is 32.3. The highest BCUT2D eigenvalue weighted by Gasteiger charge is 2.31. The Morgan fingerprint density at radius 1 is 0.848 bits per heavy atom. The zero-order valence-electron chi connectivity index (χ0n) is 25.1. The van der Waals surface area contributed by atoms with Crippen LogP contribution in [0.15, 0.2) is 121 Å². The van der Waals surface area contributed by atoms with Gasteiger partial charge in [-0.3, -0.25) is 4.21 Å². The molecule has 0 bridgehead atoms. The second-order valence-corrected chi connectivity index (χ2v) is 13.4. The SMILES string of the molecule is CCC(=C/C1Oc2ccc(-c3ccccc3)cc2N1CCS(=O)(=O)[O-])/C=C1/Oc2ccc(-c3ccccc3)cc2N1CCS(=O)[O-]. The number of rotatable bonds is 11. The van der Waals surface area contributed by atoms with Crippen molar-refractivity contribution in [1.82, 2.24) is 0 Å². The van der Waals surface area contributed by atoms with Crippen LogP contribution in [0, 0.1) is 0 Å². The van der Waals surface area contributed by atoms with E-state index in [1.807, 2.05) is 121 Å². The van der Waals surface area contributed by atoms with Crippen LogP contribution in [0.25, 0.3) is 22.3 Å².